The number of fused-ring (bicyclic) bond motifs is 1. The molecular formula is C17H16N2O3S. The molecule has 118 valence electrons. The summed E-state index contributed by atoms with van der Waals surface area (Å²) in [5, 5.41) is 12.9. The topological polar surface area (TPSA) is 73.1 Å². The van der Waals surface area contributed by atoms with E-state index < -0.39 is 10.0 Å². The Bertz CT molecular complexity index is 981. The number of hydrogen-bond donors (Lipinski definition) is 1. The second-order valence-electron chi connectivity index (χ2n) is 5.51. The van der Waals surface area contributed by atoms with Gasteiger partial charge in [0.25, 0.3) is 10.0 Å². The number of benzene rings is 2. The third-order valence-electron chi connectivity index (χ3n) is 3.57. The number of para-hydroxylation sites is 1. The highest BCUT2D eigenvalue weighted by Crippen LogP contribution is 2.23. The van der Waals surface area contributed by atoms with Crippen LogP contribution in [-0.2, 0) is 10.0 Å². The number of nitrogens with one attached hydrogen (secondary N) is 1. The largest absolute Gasteiger partial charge is 0.618 e. The van der Waals surface area contributed by atoms with Crippen LogP contribution in [0.4, 0.5) is 5.69 Å². The Morgan fingerprint density at radius 3 is 2.39 bits per heavy atom. The van der Waals surface area contributed by atoms with Crippen molar-refractivity contribution in [3.8, 4) is 0 Å². The lowest BCUT2D eigenvalue weighted by molar-refractivity contribution is -0.576. The van der Waals surface area contributed by atoms with Crippen LogP contribution in [-0.4, -0.2) is 8.42 Å². The fraction of sp³-hybridized carbons (Fsp3) is 0.118. The Kier molecular flexibility index (Phi) is 3.69. The maximum Gasteiger partial charge on any atom is 0.262 e. The maximum absolute atomic E-state index is 12.5. The van der Waals surface area contributed by atoms with E-state index >= 15 is 0 Å². The summed E-state index contributed by atoms with van der Waals surface area (Å²) in [6, 6.07) is 13.5. The van der Waals surface area contributed by atoms with Gasteiger partial charge >= 0.3 is 0 Å². The first-order valence-corrected chi connectivity index (χ1v) is 8.57. The van der Waals surface area contributed by atoms with Crippen LogP contribution >= 0.6 is 0 Å². The summed E-state index contributed by atoms with van der Waals surface area (Å²) in [7, 11) is -3.75. The summed E-state index contributed by atoms with van der Waals surface area (Å²) >= 11 is 0. The number of sulfonamides is 1. The smallest absolute Gasteiger partial charge is 0.262 e. The van der Waals surface area contributed by atoms with Crippen LogP contribution in [0.2, 0.25) is 0 Å². The molecular weight excluding hydrogens is 312 g/mol. The molecule has 2 aromatic carbocycles. The van der Waals surface area contributed by atoms with E-state index in [0.29, 0.717) is 15.6 Å². The second-order valence-corrected chi connectivity index (χ2v) is 7.19. The molecule has 0 aliphatic carbocycles. The molecule has 0 amide bonds. The molecule has 0 saturated carbocycles. The van der Waals surface area contributed by atoms with Crippen LogP contribution < -0.4 is 9.45 Å². The predicted molar refractivity (Wildman–Crippen MR) is 89.6 cm³/mol. The van der Waals surface area contributed by atoms with Crippen molar-refractivity contribution in [3.63, 3.8) is 0 Å². The summed E-state index contributed by atoms with van der Waals surface area (Å²) in [4.78, 5) is 0.157. The van der Waals surface area contributed by atoms with Gasteiger partial charge in [0.15, 0.2) is 6.20 Å². The highest BCUT2D eigenvalue weighted by atomic mass is 32.2. The molecule has 0 radical (unpaired) electrons. The highest BCUT2D eigenvalue weighted by Gasteiger charge is 2.19. The fourth-order valence-corrected chi connectivity index (χ4v) is 3.53. The summed E-state index contributed by atoms with van der Waals surface area (Å²) in [6.07, 6.45) is 1.42. The highest BCUT2D eigenvalue weighted by molar-refractivity contribution is 7.92. The molecule has 0 aliphatic heterocycles. The van der Waals surface area contributed by atoms with E-state index in [9.17, 15) is 13.6 Å². The minimum atomic E-state index is -3.75. The molecule has 0 unspecified atom stereocenters. The first-order valence-electron chi connectivity index (χ1n) is 7.09. The summed E-state index contributed by atoms with van der Waals surface area (Å²) in [5.41, 5.74) is 2.35. The minimum absolute atomic E-state index is 0.157. The zero-order chi connectivity index (χ0) is 16.6. The van der Waals surface area contributed by atoms with Gasteiger partial charge in [-0.05, 0) is 44.2 Å². The van der Waals surface area contributed by atoms with Crippen molar-refractivity contribution >= 4 is 26.6 Å². The molecule has 0 bridgehead atoms. The lowest BCUT2D eigenvalue weighted by Crippen LogP contribution is -2.28. The van der Waals surface area contributed by atoms with Crippen molar-refractivity contribution in [2.45, 2.75) is 18.7 Å². The number of anilines is 1. The van der Waals surface area contributed by atoms with Crippen molar-refractivity contribution in [2.75, 3.05) is 4.72 Å². The number of nitrogens with zero attached hydrogens (tertiary/aromatic N) is 1. The van der Waals surface area contributed by atoms with Gasteiger partial charge in [-0.1, -0.05) is 23.8 Å². The van der Waals surface area contributed by atoms with Gasteiger partial charge in [0, 0.05) is 5.56 Å². The summed E-state index contributed by atoms with van der Waals surface area (Å²) in [6.45, 7) is 3.70. The van der Waals surface area contributed by atoms with E-state index in [1.54, 1.807) is 30.3 Å². The number of aryl methyl sites for hydroxylation is 2. The Hall–Kier alpha value is -2.60. The molecule has 5 nitrogen and oxygen atoms in total. The fourth-order valence-electron chi connectivity index (χ4n) is 2.46. The molecule has 3 rings (SSSR count). The SMILES string of the molecule is Cc1ccc(S(=O)(=O)Nc2cccc3cc(C)c[n+]([O-])c23)cc1. The molecule has 3 aromatic rings. The van der Waals surface area contributed by atoms with Gasteiger partial charge in [-0.15, -0.1) is 0 Å². The van der Waals surface area contributed by atoms with Gasteiger partial charge in [0.2, 0.25) is 5.52 Å². The number of hydrogen-bond acceptors (Lipinski definition) is 3. The molecule has 0 atom stereocenters. The van der Waals surface area contributed by atoms with E-state index in [1.165, 1.54) is 18.3 Å². The first kappa shape index (κ1) is 15.3. The molecule has 1 aromatic heterocycles. The molecule has 6 heteroatoms. The Labute approximate surface area is 134 Å². The number of pyridine rings is 1. The third kappa shape index (κ3) is 2.98. The van der Waals surface area contributed by atoms with Gasteiger partial charge in [0.1, 0.15) is 5.69 Å². The van der Waals surface area contributed by atoms with Crippen LogP contribution in [0.25, 0.3) is 10.9 Å². The zero-order valence-electron chi connectivity index (χ0n) is 12.8. The quantitative estimate of drug-likeness (QED) is 0.593. The molecule has 0 spiro atoms. The average molecular weight is 328 g/mol. The van der Waals surface area contributed by atoms with E-state index in [2.05, 4.69) is 4.72 Å². The van der Waals surface area contributed by atoms with Gasteiger partial charge in [-0.25, -0.2) is 8.42 Å². The van der Waals surface area contributed by atoms with Crippen LogP contribution in [0.5, 0.6) is 0 Å². The molecule has 23 heavy (non-hydrogen) atoms. The maximum atomic E-state index is 12.5. The van der Waals surface area contributed by atoms with Crippen LogP contribution in [0, 0.1) is 19.1 Å². The lowest BCUT2D eigenvalue weighted by atomic mass is 10.1. The Balaban J connectivity index is 2.09. The van der Waals surface area contributed by atoms with Crippen molar-refractivity contribution in [1.82, 2.24) is 0 Å². The third-order valence-corrected chi connectivity index (χ3v) is 4.95. The summed E-state index contributed by atoms with van der Waals surface area (Å²) < 4.78 is 28.2. The number of aromatic nitrogens is 1. The standard InChI is InChI=1S/C17H16N2O3S/c1-12-6-8-15(9-7-12)23(21,22)18-16-5-3-4-14-10-13(2)11-19(20)17(14)16/h3-11,18H,1-2H3. The van der Waals surface area contributed by atoms with Gasteiger partial charge in [0.05, 0.1) is 10.3 Å². The Morgan fingerprint density at radius 1 is 1.00 bits per heavy atom. The van der Waals surface area contributed by atoms with Crippen LogP contribution in [0.3, 0.4) is 0 Å². The number of rotatable bonds is 3. The van der Waals surface area contributed by atoms with Gasteiger partial charge in [-0.2, -0.15) is 4.73 Å². The van der Waals surface area contributed by atoms with Gasteiger partial charge in [-0.3, -0.25) is 4.72 Å². The van der Waals surface area contributed by atoms with Gasteiger partial charge < -0.3 is 5.21 Å². The lowest BCUT2D eigenvalue weighted by Gasteiger charge is -2.11. The Morgan fingerprint density at radius 2 is 1.70 bits per heavy atom. The van der Waals surface area contributed by atoms with E-state index in [0.717, 1.165) is 11.1 Å². The molecule has 1 heterocycles. The summed E-state index contributed by atoms with van der Waals surface area (Å²) in [5.74, 6) is 0. The molecule has 1 N–H and O–H groups in total. The minimum Gasteiger partial charge on any atom is -0.618 e. The van der Waals surface area contributed by atoms with Crippen molar-refractivity contribution in [2.24, 2.45) is 0 Å². The van der Waals surface area contributed by atoms with Crippen molar-refractivity contribution in [1.29, 1.82) is 0 Å². The van der Waals surface area contributed by atoms with Crippen LogP contribution in [0.15, 0.2) is 59.6 Å². The molecule has 0 fully saturated rings. The van der Waals surface area contributed by atoms with Crippen molar-refractivity contribution in [3.05, 3.63) is 71.1 Å². The first-order chi connectivity index (χ1) is 10.9. The predicted octanol–water partition coefficient (Wildman–Crippen LogP) is 2.89. The zero-order valence-corrected chi connectivity index (χ0v) is 13.6. The van der Waals surface area contributed by atoms with E-state index in [1.807, 2.05) is 19.9 Å². The van der Waals surface area contributed by atoms with E-state index in [4.69, 9.17) is 0 Å². The van der Waals surface area contributed by atoms with E-state index in [-0.39, 0.29) is 10.6 Å². The molecule has 0 saturated heterocycles. The average Bonchev–Trinajstić information content (AvgIpc) is 2.46. The second kappa shape index (κ2) is 5.55. The van der Waals surface area contributed by atoms with Crippen LogP contribution in [0.1, 0.15) is 11.1 Å². The monoisotopic (exact) mass is 328 g/mol. The normalized spacial score (nSPS) is 11.6. The van der Waals surface area contributed by atoms with Crippen molar-refractivity contribution < 1.29 is 13.1 Å². The molecule has 0 aliphatic rings.